The van der Waals surface area contributed by atoms with Gasteiger partial charge in [0.2, 0.25) is 0 Å². The molecule has 2 aromatic rings. The van der Waals surface area contributed by atoms with Gasteiger partial charge in [-0.3, -0.25) is 10.2 Å². The van der Waals surface area contributed by atoms with Crippen LogP contribution in [-0.4, -0.2) is 16.2 Å². The highest BCUT2D eigenvalue weighted by molar-refractivity contribution is 5.96. The Bertz CT molecular complexity index is 707. The highest BCUT2D eigenvalue weighted by Crippen LogP contribution is 2.28. The fourth-order valence-electron chi connectivity index (χ4n) is 1.62. The van der Waals surface area contributed by atoms with Crippen LogP contribution in [0.3, 0.4) is 0 Å². The molecule has 94 valence electrons. The number of aromatic nitrogens is 2. The molecule has 2 rings (SSSR count). The molecule has 0 bridgehead atoms. The van der Waals surface area contributed by atoms with Crippen LogP contribution in [0, 0.1) is 16.7 Å². The summed E-state index contributed by atoms with van der Waals surface area (Å²) in [4.78, 5) is 11.0. The zero-order chi connectivity index (χ0) is 13.8. The normalized spacial score (nSPS) is 9.63. The zero-order valence-corrected chi connectivity index (χ0v) is 9.77. The lowest BCUT2D eigenvalue weighted by Crippen LogP contribution is -2.21. The molecular formula is C12H10N6O. The molecule has 0 amide bonds. The molecule has 0 saturated heterocycles. The van der Waals surface area contributed by atoms with Crippen molar-refractivity contribution in [3.8, 4) is 17.3 Å². The average molecular weight is 254 g/mol. The van der Waals surface area contributed by atoms with Gasteiger partial charge in [-0.05, 0) is 12.1 Å². The van der Waals surface area contributed by atoms with Crippen molar-refractivity contribution < 1.29 is 0 Å². The van der Waals surface area contributed by atoms with Crippen molar-refractivity contribution in [1.29, 1.82) is 10.7 Å². The average Bonchev–Trinajstić information content (AvgIpc) is 2.39. The van der Waals surface area contributed by atoms with Crippen LogP contribution >= 0.6 is 0 Å². The first kappa shape index (κ1) is 12.3. The van der Waals surface area contributed by atoms with Gasteiger partial charge in [0, 0.05) is 11.6 Å². The van der Waals surface area contributed by atoms with Crippen LogP contribution in [0.15, 0.2) is 35.1 Å². The number of H-pyrrole nitrogens is 1. The lowest BCUT2D eigenvalue weighted by molar-refractivity contribution is 0.995. The SMILES string of the molecule is N#Cc1cccc(-c2ccc(=O)[nH]n2)c1NC(=N)N. The fourth-order valence-corrected chi connectivity index (χ4v) is 1.62. The Balaban J connectivity index is 2.62. The Morgan fingerprint density at radius 2 is 2.21 bits per heavy atom. The Kier molecular flexibility index (Phi) is 3.25. The number of benzene rings is 1. The summed E-state index contributed by atoms with van der Waals surface area (Å²) in [6.07, 6.45) is 0. The first-order valence-corrected chi connectivity index (χ1v) is 5.32. The van der Waals surface area contributed by atoms with E-state index < -0.39 is 0 Å². The number of nitrogens with zero attached hydrogens (tertiary/aromatic N) is 2. The van der Waals surface area contributed by atoms with E-state index in [-0.39, 0.29) is 11.5 Å². The third-order valence-corrected chi connectivity index (χ3v) is 2.40. The minimum Gasteiger partial charge on any atom is -0.370 e. The third kappa shape index (κ3) is 2.58. The predicted molar refractivity (Wildman–Crippen MR) is 70.5 cm³/mol. The molecule has 5 N–H and O–H groups in total. The summed E-state index contributed by atoms with van der Waals surface area (Å²) >= 11 is 0. The van der Waals surface area contributed by atoms with Gasteiger partial charge in [0.1, 0.15) is 6.07 Å². The van der Waals surface area contributed by atoms with E-state index in [0.29, 0.717) is 22.5 Å². The van der Waals surface area contributed by atoms with E-state index in [9.17, 15) is 4.79 Å². The fraction of sp³-hybridized carbons (Fsp3) is 0. The Morgan fingerprint density at radius 1 is 1.42 bits per heavy atom. The number of nitrogens with one attached hydrogen (secondary N) is 3. The molecule has 1 aromatic carbocycles. The molecule has 0 atom stereocenters. The van der Waals surface area contributed by atoms with E-state index in [0.717, 1.165) is 0 Å². The maximum atomic E-state index is 11.0. The quantitative estimate of drug-likeness (QED) is 0.460. The van der Waals surface area contributed by atoms with E-state index in [4.69, 9.17) is 16.4 Å². The molecular weight excluding hydrogens is 244 g/mol. The minimum absolute atomic E-state index is 0.284. The van der Waals surface area contributed by atoms with Crippen molar-refractivity contribution in [2.24, 2.45) is 5.73 Å². The van der Waals surface area contributed by atoms with Crippen molar-refractivity contribution in [2.75, 3.05) is 5.32 Å². The summed E-state index contributed by atoms with van der Waals surface area (Å²) in [7, 11) is 0. The Morgan fingerprint density at radius 3 is 2.79 bits per heavy atom. The van der Waals surface area contributed by atoms with Crippen LogP contribution < -0.4 is 16.6 Å². The summed E-state index contributed by atoms with van der Waals surface area (Å²) in [5, 5.41) is 25.2. The number of hydrogen-bond acceptors (Lipinski definition) is 4. The first-order chi connectivity index (χ1) is 9.11. The number of para-hydroxylation sites is 1. The summed E-state index contributed by atoms with van der Waals surface area (Å²) in [5.74, 6) is -0.284. The van der Waals surface area contributed by atoms with Crippen LogP contribution in [0.2, 0.25) is 0 Å². The van der Waals surface area contributed by atoms with Crippen LogP contribution in [0.1, 0.15) is 5.56 Å². The van der Waals surface area contributed by atoms with Gasteiger partial charge in [-0.25, -0.2) is 5.10 Å². The maximum absolute atomic E-state index is 11.0. The topological polar surface area (TPSA) is 131 Å². The largest absolute Gasteiger partial charge is 0.370 e. The van der Waals surface area contributed by atoms with Gasteiger partial charge in [-0.2, -0.15) is 10.4 Å². The molecule has 1 heterocycles. The molecule has 0 spiro atoms. The second-order valence-corrected chi connectivity index (χ2v) is 3.69. The highest BCUT2D eigenvalue weighted by atomic mass is 16.1. The molecule has 0 unspecified atom stereocenters. The molecule has 0 saturated carbocycles. The smallest absolute Gasteiger partial charge is 0.264 e. The number of anilines is 1. The summed E-state index contributed by atoms with van der Waals surface area (Å²) in [5.41, 5.74) is 6.75. The standard InChI is InChI=1S/C12H10N6O/c13-6-7-2-1-3-8(11(7)16-12(14)15)9-4-5-10(19)18-17-9/h1-5H,(H,18,19)(H4,14,15,16). The van der Waals surface area contributed by atoms with Crippen molar-refractivity contribution >= 4 is 11.6 Å². The minimum atomic E-state index is -0.318. The second-order valence-electron chi connectivity index (χ2n) is 3.69. The number of nitrogens with two attached hydrogens (primary N) is 1. The molecule has 0 aliphatic carbocycles. The Hall–Kier alpha value is -3.14. The predicted octanol–water partition coefficient (Wildman–Crippen LogP) is 0.614. The van der Waals surface area contributed by atoms with Crippen molar-refractivity contribution in [3.05, 3.63) is 46.2 Å². The molecule has 0 fully saturated rings. The van der Waals surface area contributed by atoms with E-state index >= 15 is 0 Å². The molecule has 7 heteroatoms. The van der Waals surface area contributed by atoms with Gasteiger partial charge in [0.15, 0.2) is 5.96 Å². The first-order valence-electron chi connectivity index (χ1n) is 5.32. The van der Waals surface area contributed by atoms with Crippen LogP contribution in [-0.2, 0) is 0 Å². The highest BCUT2D eigenvalue weighted by Gasteiger charge is 2.11. The van der Waals surface area contributed by atoms with Gasteiger partial charge >= 0.3 is 0 Å². The zero-order valence-electron chi connectivity index (χ0n) is 9.77. The van der Waals surface area contributed by atoms with E-state index in [1.807, 2.05) is 6.07 Å². The Labute approximate surface area is 108 Å². The van der Waals surface area contributed by atoms with Crippen molar-refractivity contribution in [2.45, 2.75) is 0 Å². The summed E-state index contributed by atoms with van der Waals surface area (Å²) in [6, 6.07) is 9.87. The maximum Gasteiger partial charge on any atom is 0.264 e. The number of nitriles is 1. The van der Waals surface area contributed by atoms with Gasteiger partial charge in [0.25, 0.3) is 5.56 Å². The molecule has 0 radical (unpaired) electrons. The van der Waals surface area contributed by atoms with E-state index in [1.54, 1.807) is 18.2 Å². The number of aromatic amines is 1. The summed E-state index contributed by atoms with van der Waals surface area (Å²) in [6.45, 7) is 0. The van der Waals surface area contributed by atoms with Crippen LogP contribution in [0.5, 0.6) is 0 Å². The van der Waals surface area contributed by atoms with E-state index in [1.165, 1.54) is 12.1 Å². The van der Waals surface area contributed by atoms with Crippen molar-refractivity contribution in [1.82, 2.24) is 10.2 Å². The van der Waals surface area contributed by atoms with E-state index in [2.05, 4.69) is 15.5 Å². The van der Waals surface area contributed by atoms with Gasteiger partial charge < -0.3 is 11.1 Å². The van der Waals surface area contributed by atoms with Crippen molar-refractivity contribution in [3.63, 3.8) is 0 Å². The lowest BCUT2D eigenvalue weighted by atomic mass is 10.0. The molecule has 19 heavy (non-hydrogen) atoms. The van der Waals surface area contributed by atoms with Gasteiger partial charge in [0.05, 0.1) is 16.9 Å². The lowest BCUT2D eigenvalue weighted by Gasteiger charge is -2.11. The molecule has 7 nitrogen and oxygen atoms in total. The molecule has 1 aromatic heterocycles. The number of guanidine groups is 1. The monoisotopic (exact) mass is 254 g/mol. The number of rotatable bonds is 2. The third-order valence-electron chi connectivity index (χ3n) is 2.40. The number of hydrogen-bond donors (Lipinski definition) is 4. The molecule has 0 aliphatic heterocycles. The summed E-state index contributed by atoms with van der Waals surface area (Å²) < 4.78 is 0. The van der Waals surface area contributed by atoms with Gasteiger partial charge in [-0.1, -0.05) is 12.1 Å². The van der Waals surface area contributed by atoms with Gasteiger partial charge in [-0.15, -0.1) is 0 Å². The second kappa shape index (κ2) is 5.01. The van der Waals surface area contributed by atoms with Crippen LogP contribution in [0.4, 0.5) is 5.69 Å². The van der Waals surface area contributed by atoms with Crippen LogP contribution in [0.25, 0.3) is 11.3 Å². The molecule has 0 aliphatic rings.